The fraction of sp³-hybridized carbons (Fsp3) is 0.344. The van der Waals surface area contributed by atoms with Gasteiger partial charge >= 0.3 is 0 Å². The number of piperidine rings is 4. The van der Waals surface area contributed by atoms with E-state index in [0.29, 0.717) is 44.5 Å². The van der Waals surface area contributed by atoms with Gasteiger partial charge in [-0.1, -0.05) is 123 Å². The summed E-state index contributed by atoms with van der Waals surface area (Å²) < 4.78 is 77.7. The van der Waals surface area contributed by atoms with E-state index in [9.17, 15) is 15.3 Å². The van der Waals surface area contributed by atoms with E-state index < -0.39 is 0 Å². The van der Waals surface area contributed by atoms with Gasteiger partial charge in [-0.2, -0.15) is 0 Å². The Morgan fingerprint density at radius 3 is 0.704 bits per heavy atom. The van der Waals surface area contributed by atoms with Gasteiger partial charge in [0.25, 0.3) is 0 Å². The predicted octanol–water partition coefficient (Wildman–Crippen LogP) is 26.0. The average Bonchev–Trinajstić information content (AvgIpc) is 0.767. The molecule has 12 aromatic carbocycles. The number of ether oxygens (including phenoxy) is 13. The van der Waals surface area contributed by atoms with Crippen LogP contribution in [0.5, 0.6) is 92.0 Å². The van der Waals surface area contributed by atoms with E-state index >= 15 is 0 Å². The summed E-state index contributed by atoms with van der Waals surface area (Å²) in [4.78, 5) is 9.94. The van der Waals surface area contributed by atoms with Gasteiger partial charge in [-0.15, -0.1) is 0 Å². The van der Waals surface area contributed by atoms with Crippen molar-refractivity contribution in [3.8, 4) is 92.0 Å². The molecule has 0 saturated carbocycles. The standard InChI is InChI=1S/2C31H35NO4.2C30H33NO4/c1-22-28-16-15-27(34-3)21-29(28)36-31(30(22)23-7-11-25(33-2)12-8-23)24-9-13-26(14-10-24)35-20-19-32-17-5-4-6-18-32;1-3-34-26-12-7-23(8-13-26)30-22(2)28-16-11-25(33)21-29(28)36-31(30)24-9-14-27(15-10-24)35-20-19-32-17-5-4-6-18-32;1-21-27-15-10-24(32)20-28(27)35-30(29(21)22-6-11-25(33-2)12-7-22)23-8-13-26(14-9-23)34-19-18-31-16-4-3-5-17-31;1-21-27-15-14-26(33-2)20-28(27)35-30(29(21)22-6-10-24(32)11-7-22)23-8-12-25(13-9-23)34-19-18-31-16-4-3-5-17-31/h7-16,21,31H,4-6,17-20H2,1-3H3;7-16,21,31,33H,3-6,17-20H2,1-2H3;2*6-15,20,30,32H,3-5,16-19H2,1-2H3/t2*31-;2*30-/m0000/s1. The first-order valence-electron chi connectivity index (χ1n) is 50.7. The zero-order valence-electron chi connectivity index (χ0n) is 83.7. The molecule has 20 rings (SSSR count). The molecule has 8 aliphatic heterocycles. The van der Waals surface area contributed by atoms with Crippen LogP contribution < -0.4 is 61.6 Å². The Hall–Kier alpha value is -13.8. The van der Waals surface area contributed by atoms with Crippen LogP contribution in [0.25, 0.3) is 44.6 Å². The van der Waals surface area contributed by atoms with Crippen LogP contribution in [0.4, 0.5) is 0 Å². The molecule has 20 heteroatoms. The average molecular weight is 1910 g/mol. The number of likely N-dealkylation sites (tertiary alicyclic amines) is 4. The molecule has 4 atom stereocenters. The van der Waals surface area contributed by atoms with Crippen molar-refractivity contribution in [1.29, 1.82) is 0 Å². The molecule has 8 heterocycles. The highest BCUT2D eigenvalue weighted by Gasteiger charge is 2.36. The van der Waals surface area contributed by atoms with Crippen molar-refractivity contribution in [2.75, 3.05) is 140 Å². The summed E-state index contributed by atoms with van der Waals surface area (Å²) in [5, 5.41) is 30.0. The molecule has 3 N–H and O–H groups in total. The fourth-order valence-corrected chi connectivity index (χ4v) is 20.4. The van der Waals surface area contributed by atoms with Gasteiger partial charge in [0, 0.05) is 95.0 Å². The maximum absolute atomic E-state index is 10.1. The van der Waals surface area contributed by atoms with Crippen molar-refractivity contribution in [3.05, 3.63) is 334 Å². The molecule has 142 heavy (non-hydrogen) atoms. The minimum atomic E-state index is -0.306. The molecule has 0 unspecified atom stereocenters. The monoisotopic (exact) mass is 1910 g/mol. The maximum Gasteiger partial charge on any atom is 0.150 e. The molecule has 0 spiro atoms. The molecule has 740 valence electrons. The van der Waals surface area contributed by atoms with Gasteiger partial charge in [-0.25, -0.2) is 0 Å². The van der Waals surface area contributed by atoms with Crippen LogP contribution in [0, 0.1) is 0 Å². The van der Waals surface area contributed by atoms with Gasteiger partial charge in [-0.05, 0) is 351 Å². The van der Waals surface area contributed by atoms with Crippen LogP contribution in [0.3, 0.4) is 0 Å². The molecule has 0 radical (unpaired) electrons. The molecular weight excluding hydrogens is 1780 g/mol. The van der Waals surface area contributed by atoms with E-state index in [1.807, 2.05) is 134 Å². The Bertz CT molecular complexity index is 6280. The summed E-state index contributed by atoms with van der Waals surface area (Å²) >= 11 is 0. The Balaban J connectivity index is 0.000000130. The number of nitrogens with zero attached hydrogens (tertiary/aromatic N) is 4. The highest BCUT2D eigenvalue weighted by molar-refractivity contribution is 5.99. The summed E-state index contributed by atoms with van der Waals surface area (Å²) in [5.41, 5.74) is 21.6. The minimum Gasteiger partial charge on any atom is -0.508 e. The summed E-state index contributed by atoms with van der Waals surface area (Å²) in [6.07, 6.45) is 14.6. The van der Waals surface area contributed by atoms with Crippen LogP contribution in [0.1, 0.15) is 203 Å². The van der Waals surface area contributed by atoms with Crippen LogP contribution in [0.2, 0.25) is 0 Å². The number of methoxy groups -OCH3 is 4. The zero-order valence-corrected chi connectivity index (χ0v) is 83.7. The third kappa shape index (κ3) is 25.0. The van der Waals surface area contributed by atoms with Crippen molar-refractivity contribution in [2.45, 2.75) is 136 Å². The lowest BCUT2D eigenvalue weighted by Crippen LogP contribution is -2.33. The predicted molar refractivity (Wildman–Crippen MR) is 566 cm³/mol. The Kier molecular flexibility index (Phi) is 34.2. The van der Waals surface area contributed by atoms with Crippen molar-refractivity contribution in [1.82, 2.24) is 19.6 Å². The summed E-state index contributed by atoms with van der Waals surface area (Å²) in [5.74, 6) is 11.2. The van der Waals surface area contributed by atoms with E-state index in [0.717, 1.165) is 195 Å². The second-order valence-electron chi connectivity index (χ2n) is 37.5. The number of phenolic OH excluding ortho intramolecular Hbond substituents is 3. The summed E-state index contributed by atoms with van der Waals surface area (Å²) in [6.45, 7) is 27.3. The van der Waals surface area contributed by atoms with Crippen LogP contribution >= 0.6 is 0 Å². The van der Waals surface area contributed by atoms with E-state index in [4.69, 9.17) is 61.6 Å². The van der Waals surface area contributed by atoms with Gasteiger partial charge in [0.05, 0.1) is 35.0 Å². The molecule has 20 nitrogen and oxygen atoms in total. The van der Waals surface area contributed by atoms with Crippen LogP contribution in [-0.4, -0.2) is 175 Å². The molecule has 4 saturated heterocycles. The highest BCUT2D eigenvalue weighted by atomic mass is 16.5. The smallest absolute Gasteiger partial charge is 0.150 e. The lowest BCUT2D eigenvalue weighted by atomic mass is 9.86. The zero-order chi connectivity index (χ0) is 98.2. The van der Waals surface area contributed by atoms with E-state index in [1.54, 1.807) is 64.8 Å². The first kappa shape index (κ1) is 99.8. The van der Waals surface area contributed by atoms with Crippen LogP contribution in [0.15, 0.2) is 267 Å². The SMILES string of the molecule is CCOc1ccc(C2=C(C)c3ccc(O)cc3O[C@H]2c2ccc(OCCN3CCCCC3)cc2)cc1.COc1ccc(C2=C(C)c3ccc(O)cc3O[C@H]2c2ccc(OCCN3CCCCC3)cc2)cc1.COc1ccc(C2=C(C)c3ccc(OC)cc3O[C@H]2c2ccc(OCCN3CCCCC3)cc2)cc1.COc1ccc2c(c1)O[C@@H](c1ccc(OCCN3CCCCC3)cc1)C(c1ccc(O)cc1)=C2C. The number of phenols is 3. The number of allylic oxidation sites excluding steroid dienone is 4. The lowest BCUT2D eigenvalue weighted by molar-refractivity contribution is 0.183. The largest absolute Gasteiger partial charge is 0.508 e. The van der Waals surface area contributed by atoms with Crippen molar-refractivity contribution < 1.29 is 76.9 Å². The van der Waals surface area contributed by atoms with Crippen molar-refractivity contribution in [2.24, 2.45) is 0 Å². The van der Waals surface area contributed by atoms with Gasteiger partial charge in [0.1, 0.15) is 143 Å². The fourth-order valence-electron chi connectivity index (χ4n) is 20.4. The molecular formula is C122H136N4O16. The van der Waals surface area contributed by atoms with Gasteiger partial charge < -0.3 is 76.9 Å². The Labute approximate surface area is 837 Å². The molecule has 0 aromatic heterocycles. The molecule has 0 amide bonds. The minimum absolute atomic E-state index is 0.195. The number of fused-ring (bicyclic) bond motifs is 4. The lowest BCUT2D eigenvalue weighted by Gasteiger charge is -2.31. The first-order valence-corrected chi connectivity index (χ1v) is 50.7. The topological polar surface area (TPSA) is 194 Å². The molecule has 12 aromatic rings. The number of aromatic hydroxyl groups is 3. The number of benzene rings is 12. The second-order valence-corrected chi connectivity index (χ2v) is 37.5. The number of rotatable bonds is 30. The number of hydrogen-bond acceptors (Lipinski definition) is 20. The molecule has 0 bridgehead atoms. The van der Waals surface area contributed by atoms with Gasteiger partial charge in [-0.3, -0.25) is 19.6 Å². The normalized spacial score (nSPS) is 18.0. The number of hydrogen-bond donors (Lipinski definition) is 3. The third-order valence-corrected chi connectivity index (χ3v) is 28.3. The van der Waals surface area contributed by atoms with Gasteiger partial charge in [0.15, 0.2) is 0 Å². The Morgan fingerprint density at radius 1 is 0.239 bits per heavy atom. The quantitative estimate of drug-likeness (QED) is 0.0384. The van der Waals surface area contributed by atoms with E-state index in [-0.39, 0.29) is 41.7 Å². The Morgan fingerprint density at radius 2 is 0.451 bits per heavy atom. The van der Waals surface area contributed by atoms with E-state index in [2.05, 4.69) is 150 Å². The second kappa shape index (κ2) is 48.6. The summed E-state index contributed by atoms with van der Waals surface area (Å²) in [6, 6.07) is 87.3. The molecule has 8 aliphatic rings. The third-order valence-electron chi connectivity index (χ3n) is 28.3. The first-order chi connectivity index (χ1) is 69.5. The van der Waals surface area contributed by atoms with Crippen molar-refractivity contribution in [3.63, 3.8) is 0 Å². The van der Waals surface area contributed by atoms with Crippen molar-refractivity contribution >= 4 is 44.6 Å². The van der Waals surface area contributed by atoms with Gasteiger partial charge in [0.2, 0.25) is 0 Å². The molecule has 4 fully saturated rings. The summed E-state index contributed by atoms with van der Waals surface area (Å²) in [7, 11) is 6.70. The maximum atomic E-state index is 10.1. The van der Waals surface area contributed by atoms with E-state index in [1.165, 1.54) is 135 Å². The molecule has 0 aliphatic carbocycles. The highest BCUT2D eigenvalue weighted by Crippen LogP contribution is 2.54. The van der Waals surface area contributed by atoms with Crippen LogP contribution in [-0.2, 0) is 0 Å².